The minimum absolute atomic E-state index is 0.0310. The number of hydrogen-bond donors (Lipinski definition) is 1. The largest absolute Gasteiger partial charge is 0.493 e. The van der Waals surface area contributed by atoms with Crippen LogP contribution >= 0.6 is 0 Å². The van der Waals surface area contributed by atoms with E-state index in [2.05, 4.69) is 10.3 Å². The number of nitrogens with one attached hydrogen (secondary N) is 1. The van der Waals surface area contributed by atoms with E-state index in [1.807, 2.05) is 18.7 Å². The molecule has 2 heterocycles. The molecule has 0 aliphatic carbocycles. The number of ether oxygens (including phenoxy) is 2. The van der Waals surface area contributed by atoms with Crippen molar-refractivity contribution in [2.45, 2.75) is 45.2 Å². The Hall–Kier alpha value is -2.25. The first kappa shape index (κ1) is 21.5. The maximum absolute atomic E-state index is 13.8. The molecule has 2 aromatic rings. The number of piperidine rings is 1. The lowest BCUT2D eigenvalue weighted by atomic mass is 10.0. The van der Waals surface area contributed by atoms with Crippen LogP contribution in [-0.2, 0) is 4.74 Å². The first-order valence-corrected chi connectivity index (χ1v) is 10.3. The van der Waals surface area contributed by atoms with Gasteiger partial charge in [0.15, 0.2) is 0 Å². The van der Waals surface area contributed by atoms with Gasteiger partial charge in [-0.3, -0.25) is 4.79 Å². The Morgan fingerprint density at radius 1 is 1.34 bits per heavy atom. The second kappa shape index (κ2) is 9.98. The molecule has 7 heteroatoms. The summed E-state index contributed by atoms with van der Waals surface area (Å²) in [6.45, 7) is 6.79. The maximum atomic E-state index is 13.8. The van der Waals surface area contributed by atoms with Crippen LogP contribution in [0.1, 0.15) is 43.6 Å². The molecule has 29 heavy (non-hydrogen) atoms. The van der Waals surface area contributed by atoms with Gasteiger partial charge in [-0.25, -0.2) is 9.37 Å². The van der Waals surface area contributed by atoms with Crippen molar-refractivity contribution in [2.75, 3.05) is 33.4 Å². The van der Waals surface area contributed by atoms with Crippen molar-refractivity contribution in [3.63, 3.8) is 0 Å². The Morgan fingerprint density at radius 2 is 2.17 bits per heavy atom. The van der Waals surface area contributed by atoms with Crippen LogP contribution in [0.2, 0.25) is 0 Å². The molecule has 1 N–H and O–H groups in total. The van der Waals surface area contributed by atoms with E-state index in [9.17, 15) is 9.18 Å². The summed E-state index contributed by atoms with van der Waals surface area (Å²) in [5.41, 5.74) is 0.701. The number of fused-ring (bicyclic) bond motifs is 1. The molecule has 0 bridgehead atoms. The fourth-order valence-corrected chi connectivity index (χ4v) is 3.81. The van der Waals surface area contributed by atoms with Crippen molar-refractivity contribution in [1.29, 1.82) is 0 Å². The second-order valence-corrected chi connectivity index (χ2v) is 7.67. The fraction of sp³-hybridized carbons (Fsp3) is 0.545. The van der Waals surface area contributed by atoms with Crippen LogP contribution in [0, 0.1) is 5.82 Å². The average molecular weight is 403 g/mol. The number of hydrogen-bond acceptors (Lipinski definition) is 5. The molecular formula is C22H30FN3O3. The third-order valence-electron chi connectivity index (χ3n) is 5.16. The van der Waals surface area contributed by atoms with Gasteiger partial charge in [-0.05, 0) is 45.4 Å². The van der Waals surface area contributed by atoms with E-state index in [1.165, 1.54) is 12.1 Å². The molecule has 1 aromatic carbocycles. The molecule has 1 aromatic heterocycles. The van der Waals surface area contributed by atoms with Gasteiger partial charge in [0.2, 0.25) is 0 Å². The van der Waals surface area contributed by atoms with Gasteiger partial charge in [0.25, 0.3) is 5.91 Å². The molecule has 0 saturated carbocycles. The number of rotatable bonds is 8. The molecule has 0 spiro atoms. The van der Waals surface area contributed by atoms with Crippen molar-refractivity contribution in [2.24, 2.45) is 0 Å². The highest BCUT2D eigenvalue weighted by molar-refractivity contribution is 5.97. The zero-order chi connectivity index (χ0) is 20.8. The van der Waals surface area contributed by atoms with Crippen LogP contribution in [0.5, 0.6) is 5.75 Å². The smallest absolute Gasteiger partial charge is 0.273 e. The molecule has 3 rings (SSSR count). The quantitative estimate of drug-likeness (QED) is 0.685. The SMILES string of the molecule is COCCCOc1cc(C(=O)N(C(C)C)[C@@H]2CCCNC2)nc2cc(F)ccc12. The zero-order valence-electron chi connectivity index (χ0n) is 17.4. The normalized spacial score (nSPS) is 16.9. The van der Waals surface area contributed by atoms with Crippen molar-refractivity contribution < 1.29 is 18.7 Å². The Morgan fingerprint density at radius 3 is 2.86 bits per heavy atom. The summed E-state index contributed by atoms with van der Waals surface area (Å²) in [5.74, 6) is -0.00124. The van der Waals surface area contributed by atoms with Crippen LogP contribution in [-0.4, -0.2) is 61.3 Å². The zero-order valence-corrected chi connectivity index (χ0v) is 17.4. The van der Waals surface area contributed by atoms with Crippen molar-refractivity contribution >= 4 is 16.8 Å². The third kappa shape index (κ3) is 5.22. The first-order chi connectivity index (χ1) is 14.0. The lowest BCUT2D eigenvalue weighted by molar-refractivity contribution is 0.0567. The Labute approximate surface area is 171 Å². The van der Waals surface area contributed by atoms with Gasteiger partial charge < -0.3 is 19.7 Å². The fourth-order valence-electron chi connectivity index (χ4n) is 3.81. The molecule has 1 saturated heterocycles. The predicted octanol–water partition coefficient (Wildman–Crippen LogP) is 3.39. The number of aromatic nitrogens is 1. The predicted molar refractivity (Wildman–Crippen MR) is 111 cm³/mol. The summed E-state index contributed by atoms with van der Waals surface area (Å²) < 4.78 is 24.8. The minimum Gasteiger partial charge on any atom is -0.493 e. The van der Waals surface area contributed by atoms with Gasteiger partial charge in [-0.15, -0.1) is 0 Å². The van der Waals surface area contributed by atoms with Crippen LogP contribution in [0.4, 0.5) is 4.39 Å². The number of carbonyl (C=O) groups is 1. The van der Waals surface area contributed by atoms with Gasteiger partial charge in [-0.2, -0.15) is 0 Å². The first-order valence-electron chi connectivity index (χ1n) is 10.3. The van der Waals surface area contributed by atoms with Gasteiger partial charge in [-0.1, -0.05) is 0 Å². The lowest BCUT2D eigenvalue weighted by Gasteiger charge is -2.37. The van der Waals surface area contributed by atoms with E-state index >= 15 is 0 Å². The van der Waals surface area contributed by atoms with E-state index in [-0.39, 0.29) is 23.7 Å². The maximum Gasteiger partial charge on any atom is 0.273 e. The van der Waals surface area contributed by atoms with Crippen molar-refractivity contribution in [3.8, 4) is 5.75 Å². The minimum atomic E-state index is -0.392. The van der Waals surface area contributed by atoms with Crippen molar-refractivity contribution in [1.82, 2.24) is 15.2 Å². The molecule has 1 fully saturated rings. The summed E-state index contributed by atoms with van der Waals surface area (Å²) in [4.78, 5) is 19.8. The number of amides is 1. The van der Waals surface area contributed by atoms with E-state index < -0.39 is 5.82 Å². The average Bonchev–Trinajstić information content (AvgIpc) is 2.71. The van der Waals surface area contributed by atoms with Gasteiger partial charge in [0.05, 0.1) is 12.1 Å². The molecule has 1 amide bonds. The highest BCUT2D eigenvalue weighted by Gasteiger charge is 2.29. The van der Waals surface area contributed by atoms with Crippen molar-refractivity contribution in [3.05, 3.63) is 35.8 Å². The Bertz CT molecular complexity index is 837. The number of methoxy groups -OCH3 is 1. The molecule has 1 aliphatic heterocycles. The Balaban J connectivity index is 1.94. The summed E-state index contributed by atoms with van der Waals surface area (Å²) in [6.07, 6.45) is 2.71. The number of benzene rings is 1. The highest BCUT2D eigenvalue weighted by atomic mass is 19.1. The topological polar surface area (TPSA) is 63.7 Å². The van der Waals surface area contributed by atoms with E-state index in [0.717, 1.165) is 32.4 Å². The molecule has 158 valence electrons. The van der Waals surface area contributed by atoms with Gasteiger partial charge >= 0.3 is 0 Å². The standard InChI is InChI=1S/C22H30FN3O3/c1-15(2)26(17-6-4-9-24-14-17)22(27)20-13-21(29-11-5-10-28-3)18-8-7-16(23)12-19(18)25-20/h7-8,12-13,15,17,24H,4-6,9-11,14H2,1-3H3/t17-/m1/s1. The lowest BCUT2D eigenvalue weighted by Crippen LogP contribution is -2.51. The monoisotopic (exact) mass is 403 g/mol. The van der Waals surface area contributed by atoms with E-state index in [0.29, 0.717) is 29.9 Å². The summed E-state index contributed by atoms with van der Waals surface area (Å²) in [6, 6.07) is 6.19. The summed E-state index contributed by atoms with van der Waals surface area (Å²) in [7, 11) is 1.64. The van der Waals surface area contributed by atoms with Crippen LogP contribution in [0.3, 0.4) is 0 Å². The van der Waals surface area contributed by atoms with Crippen LogP contribution in [0.15, 0.2) is 24.3 Å². The van der Waals surface area contributed by atoms with Gasteiger partial charge in [0, 0.05) is 56.3 Å². The molecule has 6 nitrogen and oxygen atoms in total. The molecule has 0 unspecified atom stereocenters. The second-order valence-electron chi connectivity index (χ2n) is 7.67. The number of halogens is 1. The number of carbonyl (C=O) groups excluding carboxylic acids is 1. The van der Waals surface area contributed by atoms with E-state index in [4.69, 9.17) is 9.47 Å². The molecule has 0 radical (unpaired) electrons. The summed E-state index contributed by atoms with van der Waals surface area (Å²) in [5, 5.41) is 4.05. The Kier molecular flexibility index (Phi) is 7.39. The molecular weight excluding hydrogens is 373 g/mol. The highest BCUT2D eigenvalue weighted by Crippen LogP contribution is 2.28. The third-order valence-corrected chi connectivity index (χ3v) is 5.16. The van der Waals surface area contributed by atoms with Crippen LogP contribution in [0.25, 0.3) is 10.9 Å². The number of pyridine rings is 1. The van der Waals surface area contributed by atoms with E-state index in [1.54, 1.807) is 19.2 Å². The van der Waals surface area contributed by atoms with Gasteiger partial charge in [0.1, 0.15) is 17.3 Å². The van der Waals surface area contributed by atoms with Crippen LogP contribution < -0.4 is 10.1 Å². The number of nitrogens with zero attached hydrogens (tertiary/aromatic N) is 2. The molecule has 1 atom stereocenters. The molecule has 1 aliphatic rings. The summed E-state index contributed by atoms with van der Waals surface area (Å²) >= 11 is 0.